The van der Waals surface area contributed by atoms with Gasteiger partial charge in [-0.1, -0.05) is 30.3 Å². The highest BCUT2D eigenvalue weighted by Crippen LogP contribution is 2.03. The van der Waals surface area contributed by atoms with Crippen molar-refractivity contribution in [2.24, 2.45) is 0 Å². The summed E-state index contributed by atoms with van der Waals surface area (Å²) in [5.74, 6) is 0. The highest BCUT2D eigenvalue weighted by atomic mass is 16.4. The molecule has 0 heterocycles. The van der Waals surface area contributed by atoms with E-state index in [0.29, 0.717) is 13.0 Å². The van der Waals surface area contributed by atoms with Gasteiger partial charge in [0.25, 0.3) is 0 Å². The number of likely N-dealkylation sites (N-methyl/N-ethyl adjacent to an activating group) is 1. The van der Waals surface area contributed by atoms with E-state index in [1.807, 2.05) is 49.3 Å². The van der Waals surface area contributed by atoms with Crippen molar-refractivity contribution in [2.45, 2.75) is 12.5 Å². The molecule has 2 N–H and O–H groups in total. The molecule has 0 fully saturated rings. The average Bonchev–Trinajstić information content (AvgIpc) is 2.16. The molecule has 0 aliphatic rings. The van der Waals surface area contributed by atoms with Gasteiger partial charge in [-0.3, -0.25) is 0 Å². The summed E-state index contributed by atoms with van der Waals surface area (Å²) in [4.78, 5) is 12.6. The standard InChI is InChI=1S/C12H18N2O2/c1-14(2)9-11(13-12(15)16)8-10-6-4-3-5-7-10/h3-7,11,13H,8-9H2,1-2H3,(H,15,16)/t11-/m0/s1. The van der Waals surface area contributed by atoms with Crippen molar-refractivity contribution < 1.29 is 9.90 Å². The summed E-state index contributed by atoms with van der Waals surface area (Å²) in [7, 11) is 3.86. The second-order valence-electron chi connectivity index (χ2n) is 4.10. The van der Waals surface area contributed by atoms with Gasteiger partial charge in [-0.25, -0.2) is 4.79 Å². The number of amides is 1. The van der Waals surface area contributed by atoms with E-state index in [4.69, 9.17) is 5.11 Å². The second kappa shape index (κ2) is 6.12. The first-order valence-electron chi connectivity index (χ1n) is 5.26. The summed E-state index contributed by atoms with van der Waals surface area (Å²) in [6.45, 7) is 0.696. The lowest BCUT2D eigenvalue weighted by atomic mass is 10.1. The van der Waals surface area contributed by atoms with Crippen LogP contribution in [0.5, 0.6) is 0 Å². The van der Waals surface area contributed by atoms with Crippen molar-refractivity contribution in [2.75, 3.05) is 20.6 Å². The maximum absolute atomic E-state index is 10.7. The summed E-state index contributed by atoms with van der Waals surface area (Å²) in [5.41, 5.74) is 1.14. The lowest BCUT2D eigenvalue weighted by Gasteiger charge is -2.21. The molecule has 1 aromatic rings. The molecule has 0 aromatic heterocycles. The predicted octanol–water partition coefficient (Wildman–Crippen LogP) is 1.43. The number of carboxylic acid groups (broad SMARTS) is 1. The van der Waals surface area contributed by atoms with Crippen molar-refractivity contribution in [3.05, 3.63) is 35.9 Å². The van der Waals surface area contributed by atoms with Gasteiger partial charge in [0.15, 0.2) is 0 Å². The van der Waals surface area contributed by atoms with Gasteiger partial charge in [-0.05, 0) is 26.1 Å². The van der Waals surface area contributed by atoms with Crippen LogP contribution in [0.4, 0.5) is 4.79 Å². The molecule has 16 heavy (non-hydrogen) atoms. The Balaban J connectivity index is 2.59. The fourth-order valence-electron chi connectivity index (χ4n) is 1.68. The van der Waals surface area contributed by atoms with E-state index in [0.717, 1.165) is 5.56 Å². The van der Waals surface area contributed by atoms with Crippen LogP contribution in [-0.2, 0) is 6.42 Å². The lowest BCUT2D eigenvalue weighted by molar-refractivity contribution is 0.186. The van der Waals surface area contributed by atoms with Gasteiger partial charge in [-0.2, -0.15) is 0 Å². The van der Waals surface area contributed by atoms with Gasteiger partial charge in [0.05, 0.1) is 0 Å². The first kappa shape index (κ1) is 12.5. The van der Waals surface area contributed by atoms with Crippen LogP contribution in [0.25, 0.3) is 0 Å². The Morgan fingerprint density at radius 1 is 1.38 bits per heavy atom. The molecule has 0 aliphatic carbocycles. The monoisotopic (exact) mass is 222 g/mol. The lowest BCUT2D eigenvalue weighted by Crippen LogP contribution is -2.42. The number of benzene rings is 1. The van der Waals surface area contributed by atoms with Gasteiger partial charge < -0.3 is 15.3 Å². The minimum absolute atomic E-state index is 0.0742. The van der Waals surface area contributed by atoms with Gasteiger partial charge in [0.2, 0.25) is 0 Å². The molecule has 88 valence electrons. The Morgan fingerprint density at radius 3 is 2.50 bits per heavy atom. The van der Waals surface area contributed by atoms with Crippen molar-refractivity contribution in [3.63, 3.8) is 0 Å². The smallest absolute Gasteiger partial charge is 0.404 e. The predicted molar refractivity (Wildman–Crippen MR) is 63.6 cm³/mol. The fraction of sp³-hybridized carbons (Fsp3) is 0.417. The quantitative estimate of drug-likeness (QED) is 0.792. The molecule has 0 saturated carbocycles. The molecule has 0 spiro atoms. The van der Waals surface area contributed by atoms with E-state index in [9.17, 15) is 4.79 Å². The summed E-state index contributed by atoms with van der Waals surface area (Å²) < 4.78 is 0. The van der Waals surface area contributed by atoms with Crippen LogP contribution in [-0.4, -0.2) is 42.8 Å². The Bertz CT molecular complexity index is 325. The maximum Gasteiger partial charge on any atom is 0.404 e. The third-order valence-electron chi connectivity index (χ3n) is 2.24. The normalized spacial score (nSPS) is 12.4. The minimum atomic E-state index is -0.970. The highest BCUT2D eigenvalue weighted by Gasteiger charge is 2.12. The van der Waals surface area contributed by atoms with Gasteiger partial charge in [0.1, 0.15) is 0 Å². The molecule has 4 heteroatoms. The highest BCUT2D eigenvalue weighted by molar-refractivity contribution is 5.64. The molecule has 0 saturated heterocycles. The Morgan fingerprint density at radius 2 is 2.00 bits per heavy atom. The third-order valence-corrected chi connectivity index (χ3v) is 2.24. The van der Waals surface area contributed by atoms with E-state index in [1.54, 1.807) is 0 Å². The number of hydrogen-bond donors (Lipinski definition) is 2. The van der Waals surface area contributed by atoms with Crippen LogP contribution in [0, 0.1) is 0 Å². The summed E-state index contributed by atoms with van der Waals surface area (Å²) >= 11 is 0. The van der Waals surface area contributed by atoms with Gasteiger partial charge in [0, 0.05) is 12.6 Å². The minimum Gasteiger partial charge on any atom is -0.465 e. The molecule has 0 bridgehead atoms. The first-order valence-corrected chi connectivity index (χ1v) is 5.26. The number of nitrogens with one attached hydrogen (secondary N) is 1. The second-order valence-corrected chi connectivity index (χ2v) is 4.10. The summed E-state index contributed by atoms with van der Waals surface area (Å²) in [5, 5.41) is 11.3. The molecule has 1 rings (SSSR count). The molecule has 1 amide bonds. The topological polar surface area (TPSA) is 52.6 Å². The molecule has 1 aromatic carbocycles. The van der Waals surface area contributed by atoms with Crippen molar-refractivity contribution in [1.82, 2.24) is 10.2 Å². The fourth-order valence-corrected chi connectivity index (χ4v) is 1.68. The molecular weight excluding hydrogens is 204 g/mol. The summed E-state index contributed by atoms with van der Waals surface area (Å²) in [6.07, 6.45) is -0.256. The number of hydrogen-bond acceptors (Lipinski definition) is 2. The summed E-state index contributed by atoms with van der Waals surface area (Å²) in [6, 6.07) is 9.81. The van der Waals surface area contributed by atoms with E-state index in [1.165, 1.54) is 0 Å². The van der Waals surface area contributed by atoms with Gasteiger partial charge >= 0.3 is 6.09 Å². The third kappa shape index (κ3) is 4.79. The zero-order valence-corrected chi connectivity index (χ0v) is 9.68. The Hall–Kier alpha value is -1.55. The molecule has 0 unspecified atom stereocenters. The van der Waals surface area contributed by atoms with Crippen LogP contribution in [0.1, 0.15) is 5.56 Å². The van der Waals surface area contributed by atoms with Crippen LogP contribution in [0.2, 0.25) is 0 Å². The number of carbonyl (C=O) groups is 1. The van der Waals surface area contributed by atoms with Crippen molar-refractivity contribution >= 4 is 6.09 Å². The number of nitrogens with zero attached hydrogens (tertiary/aromatic N) is 1. The first-order chi connectivity index (χ1) is 7.58. The van der Waals surface area contributed by atoms with Crippen molar-refractivity contribution in [3.8, 4) is 0 Å². The maximum atomic E-state index is 10.7. The molecular formula is C12H18N2O2. The van der Waals surface area contributed by atoms with Crippen LogP contribution in [0.3, 0.4) is 0 Å². The SMILES string of the molecule is CN(C)C[C@H](Cc1ccccc1)NC(=O)O. The van der Waals surface area contributed by atoms with E-state index >= 15 is 0 Å². The zero-order valence-electron chi connectivity index (χ0n) is 9.68. The average molecular weight is 222 g/mol. The van der Waals surface area contributed by atoms with E-state index in [-0.39, 0.29) is 6.04 Å². The molecule has 0 aliphatic heterocycles. The zero-order chi connectivity index (χ0) is 12.0. The largest absolute Gasteiger partial charge is 0.465 e. The Labute approximate surface area is 95.9 Å². The van der Waals surface area contributed by atoms with Crippen LogP contribution >= 0.6 is 0 Å². The van der Waals surface area contributed by atoms with Crippen LogP contribution < -0.4 is 5.32 Å². The van der Waals surface area contributed by atoms with Gasteiger partial charge in [-0.15, -0.1) is 0 Å². The Kier molecular flexibility index (Phi) is 4.79. The molecule has 4 nitrogen and oxygen atoms in total. The molecule has 0 radical (unpaired) electrons. The van der Waals surface area contributed by atoms with E-state index < -0.39 is 6.09 Å². The van der Waals surface area contributed by atoms with Crippen molar-refractivity contribution in [1.29, 1.82) is 0 Å². The number of rotatable bonds is 5. The molecule has 1 atom stereocenters. The van der Waals surface area contributed by atoms with Crippen LogP contribution in [0.15, 0.2) is 30.3 Å². The van der Waals surface area contributed by atoms with E-state index in [2.05, 4.69) is 5.32 Å².